The van der Waals surface area contributed by atoms with Crippen LogP contribution in [0.25, 0.3) is 20.8 Å². The number of hydrogen-bond acceptors (Lipinski definition) is 11. The van der Waals surface area contributed by atoms with Gasteiger partial charge in [-0.3, -0.25) is 0 Å². The van der Waals surface area contributed by atoms with E-state index in [-0.39, 0.29) is 12.6 Å². The molecule has 41 heavy (non-hydrogen) atoms. The van der Waals surface area contributed by atoms with Gasteiger partial charge in [0.2, 0.25) is 11.8 Å². The molecule has 2 fully saturated rings. The highest BCUT2D eigenvalue weighted by Crippen LogP contribution is 2.40. The summed E-state index contributed by atoms with van der Waals surface area (Å²) in [4.78, 5) is 19.0. The molecule has 5 N–H and O–H groups in total. The highest BCUT2D eigenvalue weighted by atomic mass is 32.1. The van der Waals surface area contributed by atoms with E-state index in [1.165, 1.54) is 29.7 Å². The Hall–Kier alpha value is -3.38. The second kappa shape index (κ2) is 11.5. The number of aromatic nitrogens is 4. The van der Waals surface area contributed by atoms with Crippen LogP contribution >= 0.6 is 11.3 Å². The molecular formula is C30H36N6O4S. The van der Waals surface area contributed by atoms with Crippen molar-refractivity contribution >= 4 is 33.3 Å². The Bertz CT molecular complexity index is 1530. The summed E-state index contributed by atoms with van der Waals surface area (Å²) in [6, 6.07) is 9.67. The van der Waals surface area contributed by atoms with Crippen LogP contribution in [-0.4, -0.2) is 66.7 Å². The van der Waals surface area contributed by atoms with Crippen molar-refractivity contribution in [3.05, 3.63) is 53.3 Å². The second-order valence-corrected chi connectivity index (χ2v) is 12.3. The molecule has 11 heteroatoms. The van der Waals surface area contributed by atoms with Crippen LogP contribution < -0.4 is 15.4 Å². The van der Waals surface area contributed by atoms with Gasteiger partial charge in [-0.25, -0.2) is 15.0 Å². The average molecular weight is 577 g/mol. The standard InChI is InChI=1S/C30H36N6O4S/c1-15-4-8-19(9-5-15)16(2)32-30-33-17(3)23(27(36-30)34-21-12-20(13-37)25(38)26(21)39)29-35-24-22(41-29)10-11-31-28(24)40-14-18-6-7-18/h4-5,8-11,16,18,20-21,25-26,37-39H,6-7,12-14H2,1-3H3,(H2,32,33,34,36)/t16-,20-,21-,25-,26+/m1/s1. The van der Waals surface area contributed by atoms with Gasteiger partial charge in [-0.1, -0.05) is 29.8 Å². The van der Waals surface area contributed by atoms with Gasteiger partial charge in [-0.05, 0) is 57.6 Å². The van der Waals surface area contributed by atoms with Crippen molar-refractivity contribution in [1.29, 1.82) is 0 Å². The summed E-state index contributed by atoms with van der Waals surface area (Å²) < 4.78 is 6.96. The SMILES string of the molecule is Cc1ccc([C@@H](C)Nc2nc(C)c(-c3nc4c(OCC5CC5)nccc4s3)c(N[C@@H]3C[C@H](CO)[C@@H](O)[C@H]3O)n2)cc1. The Kier molecular flexibility index (Phi) is 7.78. The Morgan fingerprint density at radius 1 is 1.05 bits per heavy atom. The lowest BCUT2D eigenvalue weighted by molar-refractivity contribution is 0.00446. The Morgan fingerprint density at radius 2 is 1.83 bits per heavy atom. The molecule has 3 heterocycles. The summed E-state index contributed by atoms with van der Waals surface area (Å²) in [7, 11) is 0. The molecule has 0 amide bonds. The molecule has 216 valence electrons. The number of nitrogens with one attached hydrogen (secondary N) is 2. The zero-order valence-electron chi connectivity index (χ0n) is 23.4. The first-order chi connectivity index (χ1) is 19.8. The molecule has 0 saturated heterocycles. The van der Waals surface area contributed by atoms with Gasteiger partial charge >= 0.3 is 0 Å². The van der Waals surface area contributed by atoms with E-state index in [0.29, 0.717) is 58.4 Å². The maximum atomic E-state index is 10.8. The van der Waals surface area contributed by atoms with Gasteiger partial charge in [-0.2, -0.15) is 4.98 Å². The third-order valence-corrected chi connectivity index (χ3v) is 9.05. The fourth-order valence-electron chi connectivity index (χ4n) is 5.28. The van der Waals surface area contributed by atoms with E-state index < -0.39 is 24.2 Å². The van der Waals surface area contributed by atoms with Crippen molar-refractivity contribution < 1.29 is 20.1 Å². The van der Waals surface area contributed by atoms with E-state index in [0.717, 1.165) is 10.3 Å². The minimum absolute atomic E-state index is 0.0499. The summed E-state index contributed by atoms with van der Waals surface area (Å²) in [5.74, 6) is 1.63. The summed E-state index contributed by atoms with van der Waals surface area (Å²) in [5, 5.41) is 38.4. The van der Waals surface area contributed by atoms with Crippen LogP contribution in [0.1, 0.15) is 49.0 Å². The minimum atomic E-state index is -1.06. The van der Waals surface area contributed by atoms with Crippen molar-refractivity contribution in [3.8, 4) is 16.5 Å². The molecule has 3 aromatic heterocycles. The summed E-state index contributed by atoms with van der Waals surface area (Å²) >= 11 is 1.50. The molecule has 0 radical (unpaired) electrons. The molecule has 0 aliphatic heterocycles. The van der Waals surface area contributed by atoms with Crippen LogP contribution in [-0.2, 0) is 0 Å². The number of ether oxygens (including phenoxy) is 1. The predicted octanol–water partition coefficient (Wildman–Crippen LogP) is 4.24. The molecule has 1 aromatic carbocycles. The number of anilines is 2. The second-order valence-electron chi connectivity index (χ2n) is 11.3. The number of fused-ring (bicyclic) bond motifs is 1. The number of aliphatic hydroxyl groups excluding tert-OH is 3. The van der Waals surface area contributed by atoms with Gasteiger partial charge in [0.1, 0.15) is 22.4 Å². The van der Waals surface area contributed by atoms with Crippen LogP contribution in [0.5, 0.6) is 5.88 Å². The molecular weight excluding hydrogens is 540 g/mol. The Morgan fingerprint density at radius 3 is 2.54 bits per heavy atom. The molecule has 4 aromatic rings. The van der Waals surface area contributed by atoms with Gasteiger partial charge in [0.25, 0.3) is 0 Å². The monoisotopic (exact) mass is 576 g/mol. The van der Waals surface area contributed by atoms with Crippen molar-refractivity contribution in [1.82, 2.24) is 19.9 Å². The maximum absolute atomic E-state index is 10.8. The molecule has 10 nitrogen and oxygen atoms in total. The largest absolute Gasteiger partial charge is 0.476 e. The van der Waals surface area contributed by atoms with Crippen LogP contribution in [0.15, 0.2) is 36.5 Å². The number of aryl methyl sites for hydroxylation is 2. The first-order valence-electron chi connectivity index (χ1n) is 14.1. The van der Waals surface area contributed by atoms with E-state index >= 15 is 0 Å². The van der Waals surface area contributed by atoms with Gasteiger partial charge in [0.05, 0.1) is 40.8 Å². The number of benzene rings is 1. The van der Waals surface area contributed by atoms with Crippen molar-refractivity contribution in [2.24, 2.45) is 11.8 Å². The van der Waals surface area contributed by atoms with Crippen LogP contribution in [0.4, 0.5) is 11.8 Å². The number of hydrogen-bond donors (Lipinski definition) is 5. The lowest BCUT2D eigenvalue weighted by Crippen LogP contribution is -2.35. The van der Waals surface area contributed by atoms with Crippen LogP contribution in [0.2, 0.25) is 0 Å². The van der Waals surface area contributed by atoms with Crippen LogP contribution in [0.3, 0.4) is 0 Å². The maximum Gasteiger partial charge on any atom is 0.241 e. The quantitative estimate of drug-likeness (QED) is 0.186. The molecule has 2 aliphatic carbocycles. The summed E-state index contributed by atoms with van der Waals surface area (Å²) in [6.07, 6.45) is 2.42. The number of aliphatic hydroxyl groups is 3. The number of nitrogens with zero attached hydrogens (tertiary/aromatic N) is 4. The first kappa shape index (κ1) is 27.8. The fourth-order valence-corrected chi connectivity index (χ4v) is 6.33. The Labute approximate surface area is 242 Å². The highest BCUT2D eigenvalue weighted by molar-refractivity contribution is 7.21. The van der Waals surface area contributed by atoms with Gasteiger partial charge in [-0.15, -0.1) is 11.3 Å². The molecule has 6 rings (SSSR count). The van der Waals surface area contributed by atoms with Crippen molar-refractivity contribution in [2.75, 3.05) is 23.8 Å². The third-order valence-electron chi connectivity index (χ3n) is 8.01. The lowest BCUT2D eigenvalue weighted by atomic mass is 10.1. The van der Waals surface area contributed by atoms with E-state index in [4.69, 9.17) is 19.7 Å². The first-order valence-corrected chi connectivity index (χ1v) is 15.0. The number of rotatable bonds is 10. The van der Waals surface area contributed by atoms with Crippen LogP contribution in [0, 0.1) is 25.7 Å². The predicted molar refractivity (Wildman–Crippen MR) is 159 cm³/mol. The van der Waals surface area contributed by atoms with Gasteiger partial charge in [0, 0.05) is 18.7 Å². The topological polar surface area (TPSA) is 146 Å². The number of thiazole rings is 1. The highest BCUT2D eigenvalue weighted by Gasteiger charge is 2.41. The van der Waals surface area contributed by atoms with Gasteiger partial charge in [0.15, 0.2) is 0 Å². The van der Waals surface area contributed by atoms with E-state index in [9.17, 15) is 15.3 Å². The smallest absolute Gasteiger partial charge is 0.241 e. The fraction of sp³-hybridized carbons (Fsp3) is 0.467. The molecule has 5 atom stereocenters. The van der Waals surface area contributed by atoms with Gasteiger partial charge < -0.3 is 30.7 Å². The molecule has 0 bridgehead atoms. The van der Waals surface area contributed by atoms with E-state index in [1.807, 2.05) is 13.0 Å². The normalized spacial score (nSPS) is 23.1. The zero-order chi connectivity index (χ0) is 28.7. The van der Waals surface area contributed by atoms with Crippen molar-refractivity contribution in [2.45, 2.75) is 64.3 Å². The minimum Gasteiger partial charge on any atom is -0.476 e. The van der Waals surface area contributed by atoms with E-state index in [1.54, 1.807) is 6.20 Å². The molecule has 2 aliphatic rings. The van der Waals surface area contributed by atoms with E-state index in [2.05, 4.69) is 53.7 Å². The lowest BCUT2D eigenvalue weighted by Gasteiger charge is -2.22. The summed E-state index contributed by atoms with van der Waals surface area (Å²) in [5.41, 5.74) is 4.41. The molecule has 0 unspecified atom stereocenters. The molecule has 0 spiro atoms. The third kappa shape index (κ3) is 5.85. The zero-order valence-corrected chi connectivity index (χ0v) is 24.2. The van der Waals surface area contributed by atoms with Crippen molar-refractivity contribution in [3.63, 3.8) is 0 Å². The average Bonchev–Trinajstić information content (AvgIpc) is 3.62. The number of pyridine rings is 1. The molecule has 2 saturated carbocycles. The Balaban J connectivity index is 1.37. The summed E-state index contributed by atoms with van der Waals surface area (Å²) in [6.45, 7) is 6.45.